The molecule has 2 aromatic rings. The third kappa shape index (κ3) is 2.72. The molecule has 0 saturated heterocycles. The van der Waals surface area contributed by atoms with Crippen LogP contribution in [0.5, 0.6) is 5.75 Å². The third-order valence-electron chi connectivity index (χ3n) is 3.66. The molecule has 0 atom stereocenters. The molecule has 1 saturated carbocycles. The zero-order valence-electron chi connectivity index (χ0n) is 12.2. The van der Waals surface area contributed by atoms with Gasteiger partial charge in [0.25, 0.3) is 5.56 Å². The fourth-order valence-corrected chi connectivity index (χ4v) is 2.31. The number of benzene rings is 1. The summed E-state index contributed by atoms with van der Waals surface area (Å²) in [6, 6.07) is 9.26. The van der Waals surface area contributed by atoms with E-state index in [1.54, 1.807) is 7.05 Å². The van der Waals surface area contributed by atoms with Gasteiger partial charge in [0.05, 0.1) is 0 Å². The zero-order chi connectivity index (χ0) is 15.7. The molecule has 1 heterocycles. The van der Waals surface area contributed by atoms with Crippen molar-refractivity contribution in [3.05, 3.63) is 57.8 Å². The Morgan fingerprint density at radius 1 is 1.36 bits per heavy atom. The lowest BCUT2D eigenvalue weighted by Gasteiger charge is -2.12. The van der Waals surface area contributed by atoms with Crippen molar-refractivity contribution in [2.45, 2.75) is 25.4 Å². The van der Waals surface area contributed by atoms with Crippen molar-refractivity contribution >= 4 is 5.97 Å². The zero-order valence-corrected chi connectivity index (χ0v) is 12.2. The summed E-state index contributed by atoms with van der Waals surface area (Å²) in [6.07, 6.45) is 1.87. The molecule has 0 radical (unpaired) electrons. The van der Waals surface area contributed by atoms with Gasteiger partial charge in [-0.3, -0.25) is 9.36 Å². The van der Waals surface area contributed by atoms with Crippen molar-refractivity contribution in [3.63, 3.8) is 0 Å². The summed E-state index contributed by atoms with van der Waals surface area (Å²) < 4.78 is 6.87. The van der Waals surface area contributed by atoms with E-state index in [0.29, 0.717) is 5.82 Å². The second-order valence-electron chi connectivity index (χ2n) is 5.37. The molecule has 114 valence electrons. The lowest BCUT2D eigenvalue weighted by molar-refractivity contribution is 0.0683. The van der Waals surface area contributed by atoms with Crippen LogP contribution in [-0.2, 0) is 13.7 Å². The van der Waals surface area contributed by atoms with Gasteiger partial charge in [-0.1, -0.05) is 30.3 Å². The van der Waals surface area contributed by atoms with Crippen molar-refractivity contribution in [1.82, 2.24) is 9.55 Å². The summed E-state index contributed by atoms with van der Waals surface area (Å²) >= 11 is 0. The molecular formula is C16H16N2O4. The number of carbonyl (C=O) groups is 1. The largest absolute Gasteiger partial charge is 0.481 e. The molecule has 0 spiro atoms. The monoisotopic (exact) mass is 300 g/mol. The molecule has 0 bridgehead atoms. The van der Waals surface area contributed by atoms with Gasteiger partial charge in [-0.2, -0.15) is 0 Å². The van der Waals surface area contributed by atoms with Crippen LogP contribution in [0.25, 0.3) is 0 Å². The molecular weight excluding hydrogens is 284 g/mol. The minimum Gasteiger partial charge on any atom is -0.481 e. The summed E-state index contributed by atoms with van der Waals surface area (Å²) in [5.74, 6) is -0.751. The van der Waals surface area contributed by atoms with E-state index in [1.807, 2.05) is 30.3 Å². The van der Waals surface area contributed by atoms with E-state index in [-0.39, 0.29) is 24.0 Å². The van der Waals surface area contributed by atoms with Gasteiger partial charge in [0, 0.05) is 13.0 Å². The summed E-state index contributed by atoms with van der Waals surface area (Å²) in [4.78, 5) is 27.9. The predicted molar refractivity (Wildman–Crippen MR) is 79.2 cm³/mol. The highest BCUT2D eigenvalue weighted by Crippen LogP contribution is 2.38. The van der Waals surface area contributed by atoms with E-state index < -0.39 is 11.5 Å². The van der Waals surface area contributed by atoms with Gasteiger partial charge in [0.15, 0.2) is 5.69 Å². The van der Waals surface area contributed by atoms with E-state index >= 15 is 0 Å². The molecule has 1 aliphatic rings. The van der Waals surface area contributed by atoms with Crippen LogP contribution in [0.3, 0.4) is 0 Å². The Labute approximate surface area is 127 Å². The van der Waals surface area contributed by atoms with Crippen LogP contribution in [0, 0.1) is 0 Å². The van der Waals surface area contributed by atoms with Crippen molar-refractivity contribution in [3.8, 4) is 5.75 Å². The van der Waals surface area contributed by atoms with Crippen molar-refractivity contribution in [2.75, 3.05) is 0 Å². The Morgan fingerprint density at radius 3 is 2.64 bits per heavy atom. The first-order valence-electron chi connectivity index (χ1n) is 7.09. The lowest BCUT2D eigenvalue weighted by Crippen LogP contribution is -2.27. The third-order valence-corrected chi connectivity index (χ3v) is 3.66. The predicted octanol–water partition coefficient (Wildman–Crippen LogP) is 1.93. The van der Waals surface area contributed by atoms with Crippen LogP contribution in [-0.4, -0.2) is 20.6 Å². The van der Waals surface area contributed by atoms with Crippen LogP contribution >= 0.6 is 0 Å². The van der Waals surface area contributed by atoms with Gasteiger partial charge in [-0.25, -0.2) is 9.78 Å². The summed E-state index contributed by atoms with van der Waals surface area (Å²) in [5, 5.41) is 9.31. The van der Waals surface area contributed by atoms with Crippen molar-refractivity contribution in [1.29, 1.82) is 0 Å². The summed E-state index contributed by atoms with van der Waals surface area (Å²) in [5.41, 5.74) is 0.0957. The Kier molecular flexibility index (Phi) is 3.66. The molecule has 1 aliphatic carbocycles. The fourth-order valence-electron chi connectivity index (χ4n) is 2.31. The first kappa shape index (κ1) is 14.3. The Bertz CT molecular complexity index is 764. The molecule has 1 N–H and O–H groups in total. The fraction of sp³-hybridized carbons (Fsp3) is 0.312. The number of hydrogen-bond acceptors (Lipinski definition) is 4. The second kappa shape index (κ2) is 5.63. The standard InChI is InChI=1S/C16H16N2O4/c1-18-14(11-7-8-11)17-12(16(20)21)13(15(18)19)22-9-10-5-3-2-4-6-10/h2-6,11H,7-9H2,1H3,(H,20,21). The number of aromatic carboxylic acids is 1. The molecule has 6 heteroatoms. The maximum atomic E-state index is 12.4. The number of nitrogens with zero attached hydrogens (tertiary/aromatic N) is 2. The van der Waals surface area contributed by atoms with Crippen LogP contribution in [0.1, 0.15) is 40.6 Å². The lowest BCUT2D eigenvalue weighted by atomic mass is 10.2. The molecule has 6 nitrogen and oxygen atoms in total. The average molecular weight is 300 g/mol. The Morgan fingerprint density at radius 2 is 2.05 bits per heavy atom. The minimum absolute atomic E-state index is 0.126. The highest BCUT2D eigenvalue weighted by Gasteiger charge is 2.31. The maximum absolute atomic E-state index is 12.4. The molecule has 3 rings (SSSR count). The molecule has 1 fully saturated rings. The molecule has 0 unspecified atom stereocenters. The maximum Gasteiger partial charge on any atom is 0.358 e. The van der Waals surface area contributed by atoms with Gasteiger partial charge in [-0.05, 0) is 18.4 Å². The average Bonchev–Trinajstić information content (AvgIpc) is 3.34. The van der Waals surface area contributed by atoms with Crippen LogP contribution in [0.2, 0.25) is 0 Å². The van der Waals surface area contributed by atoms with Crippen LogP contribution in [0.4, 0.5) is 0 Å². The minimum atomic E-state index is -1.25. The number of carboxylic acid groups (broad SMARTS) is 1. The van der Waals surface area contributed by atoms with Gasteiger partial charge in [0.2, 0.25) is 5.75 Å². The van der Waals surface area contributed by atoms with Crippen LogP contribution in [0.15, 0.2) is 35.1 Å². The first-order chi connectivity index (χ1) is 10.6. The molecule has 0 amide bonds. The number of rotatable bonds is 5. The van der Waals surface area contributed by atoms with Crippen molar-refractivity contribution in [2.24, 2.45) is 7.05 Å². The van der Waals surface area contributed by atoms with E-state index in [1.165, 1.54) is 4.57 Å². The molecule has 22 heavy (non-hydrogen) atoms. The normalized spacial score (nSPS) is 13.9. The second-order valence-corrected chi connectivity index (χ2v) is 5.37. The molecule has 1 aromatic heterocycles. The molecule has 0 aliphatic heterocycles. The molecule has 1 aromatic carbocycles. The highest BCUT2D eigenvalue weighted by molar-refractivity contribution is 5.88. The number of ether oxygens (including phenoxy) is 1. The summed E-state index contributed by atoms with van der Waals surface area (Å²) in [6.45, 7) is 0.126. The van der Waals surface area contributed by atoms with Gasteiger partial charge in [-0.15, -0.1) is 0 Å². The van der Waals surface area contributed by atoms with Crippen molar-refractivity contribution < 1.29 is 14.6 Å². The number of aromatic nitrogens is 2. The van der Waals surface area contributed by atoms with E-state index in [0.717, 1.165) is 18.4 Å². The SMILES string of the molecule is Cn1c(C2CC2)nc(C(=O)O)c(OCc2ccccc2)c1=O. The topological polar surface area (TPSA) is 81.4 Å². The summed E-state index contributed by atoms with van der Waals surface area (Å²) in [7, 11) is 1.60. The highest BCUT2D eigenvalue weighted by atomic mass is 16.5. The number of carboxylic acids is 1. The van der Waals surface area contributed by atoms with E-state index in [2.05, 4.69) is 4.98 Å². The van der Waals surface area contributed by atoms with Crippen LogP contribution < -0.4 is 10.3 Å². The first-order valence-corrected chi connectivity index (χ1v) is 7.09. The Balaban J connectivity index is 1.97. The van der Waals surface area contributed by atoms with Gasteiger partial charge in [0.1, 0.15) is 12.4 Å². The smallest absolute Gasteiger partial charge is 0.358 e. The quantitative estimate of drug-likeness (QED) is 0.912. The van der Waals surface area contributed by atoms with E-state index in [4.69, 9.17) is 4.74 Å². The van der Waals surface area contributed by atoms with Gasteiger partial charge >= 0.3 is 5.97 Å². The van der Waals surface area contributed by atoms with Gasteiger partial charge < -0.3 is 9.84 Å². The Hall–Kier alpha value is -2.63. The van der Waals surface area contributed by atoms with E-state index in [9.17, 15) is 14.7 Å². The number of hydrogen-bond donors (Lipinski definition) is 1.